The number of nitrogens with zero attached hydrogens (tertiary/aromatic N) is 1. The molecule has 1 unspecified atom stereocenters. The average Bonchev–Trinajstić information content (AvgIpc) is 2.55. The minimum absolute atomic E-state index is 0.0396. The number of halogens is 1. The minimum Gasteiger partial charge on any atom is -0.336 e. The van der Waals surface area contributed by atoms with E-state index in [0.29, 0.717) is 22.4 Å². The number of likely N-dealkylation sites (tertiary alicyclic amines) is 1. The first-order valence-electron chi connectivity index (χ1n) is 7.70. The second-order valence-electron chi connectivity index (χ2n) is 5.70. The van der Waals surface area contributed by atoms with Crippen LogP contribution < -0.4 is 0 Å². The maximum atomic E-state index is 13.9. The molecule has 2 aromatic carbocycles. The average molecular weight is 285 g/mol. The van der Waals surface area contributed by atoms with E-state index < -0.39 is 0 Å². The van der Waals surface area contributed by atoms with Crippen LogP contribution in [0.5, 0.6) is 0 Å². The molecule has 2 nitrogen and oxygen atoms in total. The van der Waals surface area contributed by atoms with Gasteiger partial charge in [0.2, 0.25) is 0 Å². The lowest BCUT2D eigenvalue weighted by atomic mass is 9.97. The van der Waals surface area contributed by atoms with Gasteiger partial charge < -0.3 is 4.90 Å². The van der Waals surface area contributed by atoms with Gasteiger partial charge in [-0.15, -0.1) is 0 Å². The Kier molecular flexibility index (Phi) is 3.91. The molecule has 0 spiro atoms. The molecule has 1 atom stereocenters. The van der Waals surface area contributed by atoms with Gasteiger partial charge in [-0.3, -0.25) is 4.79 Å². The van der Waals surface area contributed by atoms with Crippen LogP contribution in [-0.2, 0) is 0 Å². The van der Waals surface area contributed by atoms with Crippen LogP contribution in [0.1, 0.15) is 43.0 Å². The molecule has 0 bridgehead atoms. The lowest BCUT2D eigenvalue weighted by Gasteiger charge is -2.35. The molecular weight excluding hydrogens is 265 g/mol. The van der Waals surface area contributed by atoms with E-state index in [2.05, 4.69) is 6.92 Å². The second kappa shape index (κ2) is 5.84. The number of carbonyl (C=O) groups is 1. The standard InChI is InChI=1S/C18H20FNO/c1-2-13-7-5-6-12-20(13)18(21)16-10-11-17(19)15-9-4-3-8-14(15)16/h3-4,8-11,13H,2,5-7,12H2,1H3. The summed E-state index contributed by atoms with van der Waals surface area (Å²) in [5, 5.41) is 1.23. The number of piperidine rings is 1. The fourth-order valence-electron chi connectivity index (χ4n) is 3.30. The van der Waals surface area contributed by atoms with E-state index in [1.807, 2.05) is 17.0 Å². The maximum Gasteiger partial charge on any atom is 0.254 e. The van der Waals surface area contributed by atoms with Gasteiger partial charge in [0, 0.05) is 23.5 Å². The summed E-state index contributed by atoms with van der Waals surface area (Å²) in [6, 6.07) is 10.6. The summed E-state index contributed by atoms with van der Waals surface area (Å²) in [5.41, 5.74) is 0.618. The summed E-state index contributed by atoms with van der Waals surface area (Å²) in [6.07, 6.45) is 4.29. The normalized spacial score (nSPS) is 19.0. The number of amides is 1. The minimum atomic E-state index is -0.271. The molecule has 1 aliphatic rings. The van der Waals surface area contributed by atoms with Gasteiger partial charge in [0.1, 0.15) is 5.82 Å². The van der Waals surface area contributed by atoms with Gasteiger partial charge >= 0.3 is 0 Å². The Morgan fingerprint density at radius 1 is 1.19 bits per heavy atom. The molecule has 3 rings (SSSR count). The van der Waals surface area contributed by atoms with Crippen molar-refractivity contribution < 1.29 is 9.18 Å². The molecule has 1 heterocycles. The van der Waals surface area contributed by atoms with Gasteiger partial charge in [0.15, 0.2) is 0 Å². The van der Waals surface area contributed by atoms with E-state index in [-0.39, 0.29) is 11.7 Å². The molecule has 3 heteroatoms. The van der Waals surface area contributed by atoms with Crippen LogP contribution in [0, 0.1) is 5.82 Å². The predicted molar refractivity (Wildman–Crippen MR) is 82.9 cm³/mol. The van der Waals surface area contributed by atoms with Gasteiger partial charge in [-0.05, 0) is 43.2 Å². The van der Waals surface area contributed by atoms with E-state index in [9.17, 15) is 9.18 Å². The highest BCUT2D eigenvalue weighted by molar-refractivity contribution is 6.07. The number of hydrogen-bond donors (Lipinski definition) is 0. The predicted octanol–water partition coefficient (Wildman–Crippen LogP) is 4.38. The molecule has 21 heavy (non-hydrogen) atoms. The molecule has 0 saturated carbocycles. The molecule has 0 radical (unpaired) electrons. The van der Waals surface area contributed by atoms with Crippen molar-refractivity contribution in [2.24, 2.45) is 0 Å². The van der Waals surface area contributed by atoms with Crippen molar-refractivity contribution in [1.29, 1.82) is 0 Å². The first-order valence-corrected chi connectivity index (χ1v) is 7.70. The first kappa shape index (κ1) is 14.1. The molecular formula is C18H20FNO. The molecule has 2 aromatic rings. The SMILES string of the molecule is CCC1CCCCN1C(=O)c1ccc(F)c2ccccc12. The Morgan fingerprint density at radius 3 is 2.71 bits per heavy atom. The summed E-state index contributed by atoms with van der Waals surface area (Å²) < 4.78 is 13.9. The summed E-state index contributed by atoms with van der Waals surface area (Å²) in [5.74, 6) is -0.231. The molecule has 1 amide bonds. The van der Waals surface area contributed by atoms with Crippen molar-refractivity contribution in [3.8, 4) is 0 Å². The van der Waals surface area contributed by atoms with Crippen molar-refractivity contribution in [2.75, 3.05) is 6.54 Å². The van der Waals surface area contributed by atoms with E-state index >= 15 is 0 Å². The summed E-state index contributed by atoms with van der Waals surface area (Å²) in [6.45, 7) is 2.93. The Morgan fingerprint density at radius 2 is 1.95 bits per heavy atom. The van der Waals surface area contributed by atoms with Gasteiger partial charge in [-0.25, -0.2) is 4.39 Å². The van der Waals surface area contributed by atoms with Crippen LogP contribution in [0.25, 0.3) is 10.8 Å². The van der Waals surface area contributed by atoms with E-state index in [1.165, 1.54) is 12.5 Å². The van der Waals surface area contributed by atoms with Gasteiger partial charge in [-0.2, -0.15) is 0 Å². The molecule has 1 fully saturated rings. The number of rotatable bonds is 2. The van der Waals surface area contributed by atoms with Gasteiger partial charge in [-0.1, -0.05) is 31.2 Å². The Balaban J connectivity index is 2.03. The van der Waals surface area contributed by atoms with Crippen LogP contribution in [0.3, 0.4) is 0 Å². The van der Waals surface area contributed by atoms with E-state index in [0.717, 1.165) is 25.8 Å². The molecule has 0 aliphatic carbocycles. The van der Waals surface area contributed by atoms with Crippen LogP contribution >= 0.6 is 0 Å². The topological polar surface area (TPSA) is 20.3 Å². The fraction of sp³-hybridized carbons (Fsp3) is 0.389. The highest BCUT2D eigenvalue weighted by Crippen LogP contribution is 2.26. The molecule has 0 aromatic heterocycles. The summed E-state index contributed by atoms with van der Waals surface area (Å²) in [7, 11) is 0. The van der Waals surface area contributed by atoms with Crippen molar-refractivity contribution in [3.05, 3.63) is 47.8 Å². The van der Waals surface area contributed by atoms with Crippen molar-refractivity contribution >= 4 is 16.7 Å². The van der Waals surface area contributed by atoms with Crippen LogP contribution in [0.4, 0.5) is 4.39 Å². The zero-order chi connectivity index (χ0) is 14.8. The zero-order valence-corrected chi connectivity index (χ0v) is 12.3. The van der Waals surface area contributed by atoms with E-state index in [4.69, 9.17) is 0 Å². The number of hydrogen-bond acceptors (Lipinski definition) is 1. The van der Waals surface area contributed by atoms with Crippen LogP contribution in [-0.4, -0.2) is 23.4 Å². The fourth-order valence-corrected chi connectivity index (χ4v) is 3.30. The highest BCUT2D eigenvalue weighted by atomic mass is 19.1. The number of fused-ring (bicyclic) bond motifs is 1. The molecule has 110 valence electrons. The zero-order valence-electron chi connectivity index (χ0n) is 12.3. The summed E-state index contributed by atoms with van der Waals surface area (Å²) in [4.78, 5) is 14.9. The Hall–Kier alpha value is -1.90. The molecule has 0 N–H and O–H groups in total. The second-order valence-corrected chi connectivity index (χ2v) is 5.70. The lowest BCUT2D eigenvalue weighted by molar-refractivity contribution is 0.0610. The van der Waals surface area contributed by atoms with Crippen molar-refractivity contribution in [2.45, 2.75) is 38.6 Å². The van der Waals surface area contributed by atoms with Crippen LogP contribution in [0.2, 0.25) is 0 Å². The molecule has 1 aliphatic heterocycles. The highest BCUT2D eigenvalue weighted by Gasteiger charge is 2.27. The maximum absolute atomic E-state index is 13.9. The largest absolute Gasteiger partial charge is 0.336 e. The number of benzene rings is 2. The Bertz CT molecular complexity index is 667. The third kappa shape index (κ3) is 2.53. The van der Waals surface area contributed by atoms with Crippen molar-refractivity contribution in [1.82, 2.24) is 4.90 Å². The van der Waals surface area contributed by atoms with E-state index in [1.54, 1.807) is 18.2 Å². The third-order valence-corrected chi connectivity index (χ3v) is 4.46. The smallest absolute Gasteiger partial charge is 0.254 e. The quantitative estimate of drug-likeness (QED) is 0.801. The van der Waals surface area contributed by atoms with Gasteiger partial charge in [0.05, 0.1) is 0 Å². The lowest BCUT2D eigenvalue weighted by Crippen LogP contribution is -2.43. The van der Waals surface area contributed by atoms with Gasteiger partial charge in [0.25, 0.3) is 5.91 Å². The van der Waals surface area contributed by atoms with Crippen molar-refractivity contribution in [3.63, 3.8) is 0 Å². The Labute approximate surface area is 124 Å². The molecule has 1 saturated heterocycles. The number of carbonyl (C=O) groups excluding carboxylic acids is 1. The van der Waals surface area contributed by atoms with Crippen LogP contribution in [0.15, 0.2) is 36.4 Å². The summed E-state index contributed by atoms with van der Waals surface area (Å²) >= 11 is 0. The third-order valence-electron chi connectivity index (χ3n) is 4.46. The monoisotopic (exact) mass is 285 g/mol. The first-order chi connectivity index (χ1) is 10.2.